The second-order valence-corrected chi connectivity index (χ2v) is 9.11. The van der Waals surface area contributed by atoms with Gasteiger partial charge in [0, 0.05) is 11.8 Å². The highest BCUT2D eigenvalue weighted by atomic mass is 16.2. The van der Waals surface area contributed by atoms with Crippen molar-refractivity contribution in [1.29, 1.82) is 5.26 Å². The lowest BCUT2D eigenvalue weighted by Gasteiger charge is -2.32. The molecule has 2 aliphatic rings. The van der Waals surface area contributed by atoms with Gasteiger partial charge in [-0.05, 0) is 11.1 Å². The maximum Gasteiger partial charge on any atom is 0.234 e. The summed E-state index contributed by atoms with van der Waals surface area (Å²) >= 11 is 0. The van der Waals surface area contributed by atoms with Crippen LogP contribution in [0.4, 0.5) is 0 Å². The Morgan fingerprint density at radius 3 is 1.71 bits per heavy atom. The van der Waals surface area contributed by atoms with Crippen LogP contribution in [0.1, 0.15) is 23.0 Å². The van der Waals surface area contributed by atoms with Gasteiger partial charge in [0.05, 0.1) is 39.0 Å². The minimum absolute atomic E-state index is 0.0916. The number of amides is 2. The molecule has 1 aliphatic heterocycles. The summed E-state index contributed by atoms with van der Waals surface area (Å²) in [6.45, 7) is 1.23. The molecule has 4 atom stereocenters. The Balaban J connectivity index is 1.69. The molecule has 1 saturated heterocycles. The van der Waals surface area contributed by atoms with E-state index in [4.69, 9.17) is 5.26 Å². The maximum absolute atomic E-state index is 13.6. The summed E-state index contributed by atoms with van der Waals surface area (Å²) in [6.07, 6.45) is 4.22. The zero-order chi connectivity index (χ0) is 22.0. The number of likely N-dealkylation sites (N-methyl/N-ethyl adjacent to an activating group) is 1. The van der Waals surface area contributed by atoms with Gasteiger partial charge in [-0.1, -0.05) is 72.8 Å². The smallest absolute Gasteiger partial charge is 0.234 e. The van der Waals surface area contributed by atoms with Gasteiger partial charge >= 0.3 is 0 Å². The molecular weight excluding hydrogens is 386 g/mol. The predicted molar refractivity (Wildman–Crippen MR) is 119 cm³/mol. The number of fused-ring (bicyclic) bond motifs is 1. The van der Waals surface area contributed by atoms with Crippen LogP contribution in [0.2, 0.25) is 0 Å². The van der Waals surface area contributed by atoms with Crippen molar-refractivity contribution in [3.8, 4) is 6.07 Å². The number of benzene rings is 2. The van der Waals surface area contributed by atoms with Gasteiger partial charge in [-0.15, -0.1) is 0 Å². The van der Waals surface area contributed by atoms with Crippen LogP contribution < -0.4 is 0 Å². The van der Waals surface area contributed by atoms with Gasteiger partial charge in [0.25, 0.3) is 0 Å². The third-order valence-electron chi connectivity index (χ3n) is 6.59. The Morgan fingerprint density at radius 1 is 0.839 bits per heavy atom. The molecule has 4 rings (SSSR count). The van der Waals surface area contributed by atoms with E-state index in [-0.39, 0.29) is 23.7 Å². The highest BCUT2D eigenvalue weighted by Gasteiger charge is 2.55. The molecule has 31 heavy (non-hydrogen) atoms. The van der Waals surface area contributed by atoms with E-state index in [2.05, 4.69) is 18.2 Å². The number of likely N-dealkylation sites (tertiary alicyclic amines) is 1. The lowest BCUT2D eigenvalue weighted by atomic mass is 9.68. The zero-order valence-corrected chi connectivity index (χ0v) is 18.0. The maximum atomic E-state index is 13.6. The predicted octanol–water partition coefficient (Wildman–Crippen LogP) is 3.32. The van der Waals surface area contributed by atoms with Crippen molar-refractivity contribution >= 4 is 11.8 Å². The van der Waals surface area contributed by atoms with Crippen LogP contribution in [-0.2, 0) is 9.59 Å². The number of hydrogen-bond acceptors (Lipinski definition) is 3. The fraction of sp³-hybridized carbons (Fsp3) is 0.346. The fourth-order valence-corrected chi connectivity index (χ4v) is 4.86. The lowest BCUT2D eigenvalue weighted by molar-refractivity contribution is -0.882. The summed E-state index contributed by atoms with van der Waals surface area (Å²) in [5.41, 5.74) is 2.12. The van der Waals surface area contributed by atoms with E-state index in [1.807, 2.05) is 74.8 Å². The Kier molecular flexibility index (Phi) is 5.75. The SMILES string of the molecule is C[N+](C)(CC#N)CCN1C(=O)[C@@H]2[C@H](C1=O)[C@H](c1ccccc1)C=C[C@@H]2c1ccccc1. The quantitative estimate of drug-likeness (QED) is 0.315. The van der Waals surface area contributed by atoms with Crippen molar-refractivity contribution in [2.24, 2.45) is 11.8 Å². The van der Waals surface area contributed by atoms with Crippen molar-refractivity contribution in [3.63, 3.8) is 0 Å². The molecule has 0 bridgehead atoms. The molecule has 5 nitrogen and oxygen atoms in total. The van der Waals surface area contributed by atoms with Crippen molar-refractivity contribution in [2.45, 2.75) is 11.8 Å². The Labute approximate surface area is 183 Å². The van der Waals surface area contributed by atoms with Crippen LogP contribution in [0, 0.1) is 23.2 Å². The Bertz CT molecular complexity index is 956. The van der Waals surface area contributed by atoms with Crippen molar-refractivity contribution in [1.82, 2.24) is 4.90 Å². The average Bonchev–Trinajstić information content (AvgIpc) is 3.03. The number of rotatable bonds is 6. The number of carbonyl (C=O) groups is 2. The largest absolute Gasteiger partial charge is 0.315 e. The van der Waals surface area contributed by atoms with E-state index >= 15 is 0 Å². The van der Waals surface area contributed by atoms with Crippen LogP contribution in [0.3, 0.4) is 0 Å². The second-order valence-electron chi connectivity index (χ2n) is 9.11. The van der Waals surface area contributed by atoms with Crippen LogP contribution in [-0.4, -0.2) is 54.9 Å². The van der Waals surface area contributed by atoms with Gasteiger partial charge in [-0.2, -0.15) is 5.26 Å². The van der Waals surface area contributed by atoms with Gasteiger partial charge < -0.3 is 4.48 Å². The van der Waals surface area contributed by atoms with Crippen LogP contribution >= 0.6 is 0 Å². The lowest BCUT2D eigenvalue weighted by Crippen LogP contribution is -2.47. The van der Waals surface area contributed by atoms with Gasteiger partial charge in [-0.25, -0.2) is 0 Å². The van der Waals surface area contributed by atoms with Crippen molar-refractivity contribution in [2.75, 3.05) is 33.7 Å². The first kappa shape index (κ1) is 21.0. The van der Waals surface area contributed by atoms with E-state index in [0.717, 1.165) is 11.1 Å². The van der Waals surface area contributed by atoms with Gasteiger partial charge in [-0.3, -0.25) is 14.5 Å². The number of carbonyl (C=O) groups excluding carboxylic acids is 2. The minimum atomic E-state index is -0.406. The molecule has 1 heterocycles. The Morgan fingerprint density at radius 2 is 1.29 bits per heavy atom. The minimum Gasteiger partial charge on any atom is -0.315 e. The summed E-state index contributed by atoms with van der Waals surface area (Å²) in [4.78, 5) is 28.6. The number of imide groups is 1. The second kappa shape index (κ2) is 8.49. The summed E-state index contributed by atoms with van der Waals surface area (Å²) in [5.74, 6) is -1.23. The normalized spacial score (nSPS) is 25.4. The summed E-state index contributed by atoms with van der Waals surface area (Å²) < 4.78 is 0.450. The van der Waals surface area contributed by atoms with E-state index < -0.39 is 11.8 Å². The number of nitriles is 1. The van der Waals surface area contributed by atoms with Gasteiger partial charge in [0.15, 0.2) is 6.54 Å². The fourth-order valence-electron chi connectivity index (χ4n) is 4.86. The molecule has 1 fully saturated rings. The molecule has 0 radical (unpaired) electrons. The first-order valence-corrected chi connectivity index (χ1v) is 10.8. The van der Waals surface area contributed by atoms with Gasteiger partial charge in [0.1, 0.15) is 6.07 Å². The zero-order valence-electron chi connectivity index (χ0n) is 18.0. The Hall–Kier alpha value is -3.23. The molecule has 0 spiro atoms. The van der Waals surface area contributed by atoms with Crippen molar-refractivity contribution in [3.05, 3.63) is 83.9 Å². The average molecular weight is 415 g/mol. The molecule has 0 saturated carbocycles. The summed E-state index contributed by atoms with van der Waals surface area (Å²) in [5, 5.41) is 9.07. The van der Waals surface area contributed by atoms with Crippen LogP contribution in [0.5, 0.6) is 0 Å². The molecule has 2 aromatic carbocycles. The standard InChI is InChI=1S/C26H28N3O2/c1-29(2,17-15-27)18-16-28-25(30)23-21(19-9-5-3-6-10-19)13-14-22(24(23)26(28)31)20-11-7-4-8-12-20/h3-14,21-24H,16-18H2,1-2H3/q+1/t21-,22+,23+,24-. The molecule has 2 aromatic rings. The number of allylic oxidation sites excluding steroid dienone is 2. The molecule has 5 heteroatoms. The molecule has 0 unspecified atom stereocenters. The monoisotopic (exact) mass is 414 g/mol. The van der Waals surface area contributed by atoms with E-state index in [0.29, 0.717) is 24.1 Å². The number of nitrogens with zero attached hydrogens (tertiary/aromatic N) is 3. The molecular formula is C26H28N3O2+. The first-order valence-electron chi connectivity index (χ1n) is 10.8. The van der Waals surface area contributed by atoms with E-state index in [1.54, 1.807) is 0 Å². The van der Waals surface area contributed by atoms with Crippen LogP contribution in [0.25, 0.3) is 0 Å². The van der Waals surface area contributed by atoms with E-state index in [9.17, 15) is 9.59 Å². The molecule has 0 aromatic heterocycles. The highest BCUT2D eigenvalue weighted by molar-refractivity contribution is 6.06. The first-order chi connectivity index (χ1) is 14.9. The summed E-state index contributed by atoms with van der Waals surface area (Å²) in [7, 11) is 3.89. The molecule has 0 N–H and O–H groups in total. The van der Waals surface area contributed by atoms with Crippen molar-refractivity contribution < 1.29 is 14.1 Å². The molecule has 2 amide bonds. The van der Waals surface area contributed by atoms with Crippen LogP contribution in [0.15, 0.2) is 72.8 Å². The third-order valence-corrected chi connectivity index (χ3v) is 6.59. The summed E-state index contributed by atoms with van der Waals surface area (Å²) in [6, 6.07) is 22.1. The van der Waals surface area contributed by atoms with Gasteiger partial charge in [0.2, 0.25) is 11.8 Å². The highest BCUT2D eigenvalue weighted by Crippen LogP contribution is 2.49. The number of quaternary nitrogens is 1. The number of hydrogen-bond donors (Lipinski definition) is 0. The topological polar surface area (TPSA) is 61.2 Å². The van der Waals surface area contributed by atoms with E-state index in [1.165, 1.54) is 4.90 Å². The third kappa shape index (κ3) is 4.04. The molecule has 158 valence electrons. The molecule has 1 aliphatic carbocycles.